The van der Waals surface area contributed by atoms with E-state index in [4.69, 9.17) is 5.26 Å². The van der Waals surface area contributed by atoms with Crippen molar-refractivity contribution >= 4 is 17.5 Å². The predicted octanol–water partition coefficient (Wildman–Crippen LogP) is 4.69. The van der Waals surface area contributed by atoms with Gasteiger partial charge in [-0.15, -0.1) is 0 Å². The quantitative estimate of drug-likeness (QED) is 0.712. The van der Waals surface area contributed by atoms with Gasteiger partial charge < -0.3 is 5.32 Å². The molecular weight excluding hydrogens is 338 g/mol. The number of para-hydroxylation sites is 1. The lowest BCUT2D eigenvalue weighted by molar-refractivity contribution is 0.262. The van der Waals surface area contributed by atoms with E-state index in [1.807, 2.05) is 36.4 Å². The van der Waals surface area contributed by atoms with Gasteiger partial charge in [0.2, 0.25) is 0 Å². The lowest BCUT2D eigenvalue weighted by atomic mass is 9.92. The molecule has 27 heavy (non-hydrogen) atoms. The third kappa shape index (κ3) is 4.33. The SMILES string of the molecule is CC(C)(C)c1cc(NC(=O)Nc2cccc(C#N)c2)n(-c2ccccc2)n1. The molecule has 2 amide bonds. The molecule has 0 aliphatic heterocycles. The van der Waals surface area contributed by atoms with E-state index in [0.29, 0.717) is 17.1 Å². The van der Waals surface area contributed by atoms with E-state index in [2.05, 4.69) is 42.6 Å². The van der Waals surface area contributed by atoms with Crippen molar-refractivity contribution in [3.8, 4) is 11.8 Å². The molecule has 0 radical (unpaired) electrons. The third-order valence-electron chi connectivity index (χ3n) is 3.97. The normalized spacial score (nSPS) is 10.9. The Morgan fingerprint density at radius 2 is 1.78 bits per heavy atom. The molecule has 0 spiro atoms. The van der Waals surface area contributed by atoms with Crippen LogP contribution in [-0.2, 0) is 5.41 Å². The van der Waals surface area contributed by atoms with Crippen LogP contribution in [0.25, 0.3) is 5.69 Å². The lowest BCUT2D eigenvalue weighted by Gasteiger charge is -2.14. The Hall–Kier alpha value is -3.59. The molecule has 6 heteroatoms. The first-order valence-corrected chi connectivity index (χ1v) is 8.61. The molecule has 0 aliphatic rings. The number of rotatable bonds is 3. The third-order valence-corrected chi connectivity index (χ3v) is 3.97. The summed E-state index contributed by atoms with van der Waals surface area (Å²) < 4.78 is 1.71. The maximum atomic E-state index is 12.5. The summed E-state index contributed by atoms with van der Waals surface area (Å²) in [7, 11) is 0. The van der Waals surface area contributed by atoms with E-state index in [9.17, 15) is 4.79 Å². The summed E-state index contributed by atoms with van der Waals surface area (Å²) in [5.74, 6) is 0.570. The topological polar surface area (TPSA) is 82.7 Å². The highest BCUT2D eigenvalue weighted by atomic mass is 16.2. The molecule has 0 unspecified atom stereocenters. The Morgan fingerprint density at radius 3 is 2.44 bits per heavy atom. The zero-order valence-electron chi connectivity index (χ0n) is 15.5. The summed E-state index contributed by atoms with van der Waals surface area (Å²) in [6, 6.07) is 19.9. The highest BCUT2D eigenvalue weighted by Crippen LogP contribution is 2.26. The number of benzene rings is 2. The van der Waals surface area contributed by atoms with Crippen LogP contribution in [0.3, 0.4) is 0 Å². The standard InChI is InChI=1S/C21H21N5O/c1-21(2,3)18-13-19(26(25-18)17-10-5-4-6-11-17)24-20(27)23-16-9-7-8-15(12-16)14-22/h4-13H,1-3H3,(H2,23,24,27). The number of carbonyl (C=O) groups is 1. The molecule has 0 atom stereocenters. The maximum Gasteiger partial charge on any atom is 0.324 e. The molecule has 1 aromatic heterocycles. The number of urea groups is 1. The smallest absolute Gasteiger partial charge is 0.308 e. The van der Waals surface area contributed by atoms with Crippen molar-refractivity contribution in [3.05, 3.63) is 71.9 Å². The van der Waals surface area contributed by atoms with E-state index in [1.54, 1.807) is 28.9 Å². The molecule has 6 nitrogen and oxygen atoms in total. The van der Waals surface area contributed by atoms with Gasteiger partial charge in [0.25, 0.3) is 0 Å². The van der Waals surface area contributed by atoms with Crippen molar-refractivity contribution in [2.24, 2.45) is 0 Å². The second kappa shape index (κ2) is 7.34. The monoisotopic (exact) mass is 359 g/mol. The number of anilines is 2. The van der Waals surface area contributed by atoms with Crippen molar-refractivity contribution in [3.63, 3.8) is 0 Å². The summed E-state index contributed by atoms with van der Waals surface area (Å²) in [6.07, 6.45) is 0. The van der Waals surface area contributed by atoms with Crippen LogP contribution < -0.4 is 10.6 Å². The molecular formula is C21H21N5O. The number of carbonyl (C=O) groups excluding carboxylic acids is 1. The van der Waals surface area contributed by atoms with Gasteiger partial charge in [-0.05, 0) is 30.3 Å². The Balaban J connectivity index is 1.88. The average Bonchev–Trinajstić information content (AvgIpc) is 3.06. The largest absolute Gasteiger partial charge is 0.324 e. The van der Waals surface area contributed by atoms with Crippen LogP contribution in [0.1, 0.15) is 32.0 Å². The molecule has 3 aromatic rings. The second-order valence-electron chi connectivity index (χ2n) is 7.18. The number of hydrogen-bond acceptors (Lipinski definition) is 3. The summed E-state index contributed by atoms with van der Waals surface area (Å²) in [5.41, 5.74) is 2.60. The average molecular weight is 359 g/mol. The van der Waals surface area contributed by atoms with Crippen molar-refractivity contribution < 1.29 is 4.79 Å². The first-order chi connectivity index (χ1) is 12.9. The molecule has 0 fully saturated rings. The number of hydrogen-bond donors (Lipinski definition) is 2. The van der Waals surface area contributed by atoms with Gasteiger partial charge in [-0.1, -0.05) is 45.0 Å². The van der Waals surface area contributed by atoms with Crippen molar-refractivity contribution in [1.82, 2.24) is 9.78 Å². The molecule has 3 rings (SSSR count). The first kappa shape index (κ1) is 18.2. The molecule has 0 saturated heterocycles. The van der Waals surface area contributed by atoms with Crippen LogP contribution in [0, 0.1) is 11.3 Å². The minimum absolute atomic E-state index is 0.159. The molecule has 2 aromatic carbocycles. The van der Waals surface area contributed by atoms with E-state index < -0.39 is 6.03 Å². The number of amides is 2. The Bertz CT molecular complexity index is 993. The molecule has 0 bridgehead atoms. The van der Waals surface area contributed by atoms with E-state index in [1.165, 1.54) is 0 Å². The fourth-order valence-electron chi connectivity index (χ4n) is 2.55. The Kier molecular flexibility index (Phi) is 4.95. The lowest BCUT2D eigenvalue weighted by Crippen LogP contribution is -2.21. The minimum atomic E-state index is -0.400. The number of aromatic nitrogens is 2. The van der Waals surface area contributed by atoms with E-state index >= 15 is 0 Å². The molecule has 0 saturated carbocycles. The van der Waals surface area contributed by atoms with Crippen LogP contribution in [0.15, 0.2) is 60.7 Å². The molecule has 1 heterocycles. The van der Waals surface area contributed by atoms with Crippen molar-refractivity contribution in [2.45, 2.75) is 26.2 Å². The van der Waals surface area contributed by atoms with Gasteiger partial charge in [-0.2, -0.15) is 10.4 Å². The summed E-state index contributed by atoms with van der Waals surface area (Å²) in [5, 5.41) is 19.3. The predicted molar refractivity (Wildman–Crippen MR) is 106 cm³/mol. The van der Waals surface area contributed by atoms with Crippen molar-refractivity contribution in [2.75, 3.05) is 10.6 Å². The maximum absolute atomic E-state index is 12.5. The number of nitrogens with zero attached hydrogens (tertiary/aromatic N) is 3. The molecule has 2 N–H and O–H groups in total. The van der Waals surface area contributed by atoms with Crippen LogP contribution in [0.2, 0.25) is 0 Å². The van der Waals surface area contributed by atoms with Crippen LogP contribution in [0.5, 0.6) is 0 Å². The van der Waals surface area contributed by atoms with Crippen molar-refractivity contribution in [1.29, 1.82) is 5.26 Å². The minimum Gasteiger partial charge on any atom is -0.308 e. The van der Waals surface area contributed by atoms with Gasteiger partial charge in [-0.3, -0.25) is 5.32 Å². The highest BCUT2D eigenvalue weighted by molar-refractivity contribution is 5.99. The van der Waals surface area contributed by atoms with Crippen LogP contribution >= 0.6 is 0 Å². The number of nitrogens with one attached hydrogen (secondary N) is 2. The van der Waals surface area contributed by atoms with E-state index in [0.717, 1.165) is 11.4 Å². The number of nitriles is 1. The van der Waals surface area contributed by atoms with E-state index in [-0.39, 0.29) is 5.41 Å². The van der Waals surface area contributed by atoms with Gasteiger partial charge in [0, 0.05) is 17.2 Å². The van der Waals surface area contributed by atoms with Gasteiger partial charge in [0.05, 0.1) is 23.0 Å². The highest BCUT2D eigenvalue weighted by Gasteiger charge is 2.21. The summed E-state index contributed by atoms with van der Waals surface area (Å²) >= 11 is 0. The van der Waals surface area contributed by atoms with Gasteiger partial charge >= 0.3 is 6.03 Å². The summed E-state index contributed by atoms with van der Waals surface area (Å²) in [6.45, 7) is 6.21. The van der Waals surface area contributed by atoms with Crippen LogP contribution in [-0.4, -0.2) is 15.8 Å². The van der Waals surface area contributed by atoms with Gasteiger partial charge in [0.15, 0.2) is 0 Å². The Morgan fingerprint density at radius 1 is 1.04 bits per heavy atom. The molecule has 0 aliphatic carbocycles. The first-order valence-electron chi connectivity index (χ1n) is 8.61. The fourth-order valence-corrected chi connectivity index (χ4v) is 2.55. The zero-order valence-corrected chi connectivity index (χ0v) is 15.5. The van der Waals surface area contributed by atoms with Gasteiger partial charge in [0.1, 0.15) is 5.82 Å². The fraction of sp³-hybridized carbons (Fsp3) is 0.190. The van der Waals surface area contributed by atoms with Gasteiger partial charge in [-0.25, -0.2) is 9.48 Å². The van der Waals surface area contributed by atoms with Crippen LogP contribution in [0.4, 0.5) is 16.3 Å². The molecule has 136 valence electrons. The summed E-state index contributed by atoms with van der Waals surface area (Å²) in [4.78, 5) is 12.5. The Labute approximate surface area is 158 Å². The zero-order chi connectivity index (χ0) is 19.4. The second-order valence-corrected chi connectivity index (χ2v) is 7.18.